The number of nitrogens with zero attached hydrogens (tertiary/aromatic N) is 1. The lowest BCUT2D eigenvalue weighted by atomic mass is 11.6. The van der Waals surface area contributed by atoms with E-state index in [1.54, 1.807) is 7.05 Å². The van der Waals surface area contributed by atoms with Crippen molar-refractivity contribution in [2.24, 2.45) is 4.74 Å². The van der Waals surface area contributed by atoms with E-state index < -0.39 is 0 Å². The van der Waals surface area contributed by atoms with Crippen molar-refractivity contribution in [1.29, 1.82) is 0 Å². The van der Waals surface area contributed by atoms with Crippen LogP contribution < -0.4 is 0 Å². The first-order valence-corrected chi connectivity index (χ1v) is 4.45. The van der Waals surface area contributed by atoms with E-state index in [-0.39, 0.29) is 0 Å². The molecule has 1 nitrogen and oxygen atoms in total. The molecule has 0 aliphatic rings. The molecule has 0 saturated heterocycles. The molecule has 0 atom stereocenters. The molecule has 4 heavy (non-hydrogen) atoms. The van der Waals surface area contributed by atoms with Crippen molar-refractivity contribution >= 4 is 28.1 Å². The second-order valence-corrected chi connectivity index (χ2v) is 2.12. The molecule has 0 spiro atoms. The van der Waals surface area contributed by atoms with Crippen LogP contribution in [0.3, 0.4) is 0 Å². The van der Waals surface area contributed by atoms with Gasteiger partial charge in [0, 0.05) is 29.1 Å². The Morgan fingerprint density at radius 1 is 2.00 bits per heavy atom. The topological polar surface area (TPSA) is 12.4 Å². The molecule has 0 aliphatic carbocycles. The quantitative estimate of drug-likeness (QED) is 0.406. The van der Waals surface area contributed by atoms with E-state index in [0.29, 0.717) is 0 Å². The molecule has 0 heterocycles. The van der Waals surface area contributed by atoms with Crippen molar-refractivity contribution in [2.75, 3.05) is 7.05 Å². The Kier molecular flexibility index (Phi) is 4.62. The maximum absolute atomic E-state index is 3.70. The second kappa shape index (κ2) is 3.83. The average Bonchev–Trinajstić information content (AvgIpc) is 1.37. The monoisotopic (exact) mass is 187 g/mol. The van der Waals surface area contributed by atoms with Gasteiger partial charge in [-0.15, -0.1) is 0 Å². The first-order chi connectivity index (χ1) is 1.91. The van der Waals surface area contributed by atoms with Crippen LogP contribution in [0.15, 0.2) is 4.74 Å². The summed E-state index contributed by atoms with van der Waals surface area (Å²) in [6, 6.07) is 1.09. The molecule has 0 saturated carbocycles. The molecule has 0 aromatic heterocycles. The highest BCUT2D eigenvalue weighted by Gasteiger charge is 1.37. The van der Waals surface area contributed by atoms with Gasteiger partial charge < -0.3 is 0 Å². The van der Waals surface area contributed by atoms with Crippen molar-refractivity contribution in [2.45, 2.75) is 0 Å². The van der Waals surface area contributed by atoms with Gasteiger partial charge in [-0.25, -0.2) is 0 Å². The van der Waals surface area contributed by atoms with Crippen LogP contribution in [0, 0.1) is 0 Å². The fraction of sp³-hybridized carbons (Fsp3) is 1.00. The Labute approximate surface area is 40.2 Å². The van der Waals surface area contributed by atoms with Crippen LogP contribution in [0.25, 0.3) is 0 Å². The van der Waals surface area contributed by atoms with E-state index in [2.05, 4.69) is 26.8 Å². The zero-order valence-corrected chi connectivity index (χ0v) is 5.32. The molecule has 0 N–H and O–H groups in total. The van der Waals surface area contributed by atoms with Crippen LogP contribution in [-0.2, 0) is 0 Å². The first-order valence-electron chi connectivity index (χ1n) is 0.816. The van der Waals surface area contributed by atoms with Crippen molar-refractivity contribution in [3.8, 4) is 0 Å². The molecule has 0 aromatic rings. The summed E-state index contributed by atoms with van der Waals surface area (Å²) in [7, 11) is 1.79. The minimum Gasteiger partial charge on any atom is -0.261 e. The van der Waals surface area contributed by atoms with E-state index in [0.717, 1.165) is 6.02 Å². The highest BCUT2D eigenvalue weighted by Crippen LogP contribution is 2.06. The van der Waals surface area contributed by atoms with Crippen LogP contribution in [-0.4, -0.2) is 7.05 Å². The summed E-state index contributed by atoms with van der Waals surface area (Å²) in [4.78, 5) is 0. The average molecular weight is 187 g/mol. The van der Waals surface area contributed by atoms with E-state index >= 15 is 0 Å². The molecule has 3 heteroatoms. The highest BCUT2D eigenvalue weighted by atomic mass is 127. The van der Waals surface area contributed by atoms with Crippen LogP contribution >= 0.6 is 28.1 Å². The number of hydrogen-bond acceptors (Lipinski definition) is 1. The minimum absolute atomic E-state index is 1.09. The Morgan fingerprint density at radius 2 is 2.25 bits per heavy atom. The number of hydrogen-bond donors (Lipinski definition) is 0. The Hall–Kier alpha value is 0.830. The fourth-order valence-electron chi connectivity index (χ4n) is 0. The first kappa shape index (κ1) is 4.83. The van der Waals surface area contributed by atoms with Crippen LogP contribution in [0.2, 0.25) is 0 Å². The maximum Gasteiger partial charge on any atom is 0.0763 e. The summed E-state index contributed by atoms with van der Waals surface area (Å²) in [5.41, 5.74) is 0. The lowest BCUT2D eigenvalue weighted by molar-refractivity contribution is 1.52. The molecule has 0 bridgehead atoms. The smallest absolute Gasteiger partial charge is 0.0763 e. The van der Waals surface area contributed by atoms with E-state index in [9.17, 15) is 0 Å². The largest absolute Gasteiger partial charge is 0.261 e. The molecule has 0 fully saturated rings. The van der Waals surface area contributed by atoms with Crippen molar-refractivity contribution in [1.82, 2.24) is 0 Å². The molecular formula is CH3INP. The van der Waals surface area contributed by atoms with E-state index in [1.807, 2.05) is 0 Å². The predicted molar refractivity (Wildman–Crippen MR) is 29.3 cm³/mol. The van der Waals surface area contributed by atoms with Crippen LogP contribution in [0.4, 0.5) is 0 Å². The van der Waals surface area contributed by atoms with Gasteiger partial charge in [0.1, 0.15) is 0 Å². The fourth-order valence-corrected chi connectivity index (χ4v) is 0. The van der Waals surface area contributed by atoms with Gasteiger partial charge in [0.05, 0.1) is 6.02 Å². The normalized spacial score (nSPS) is 9.50. The lowest BCUT2D eigenvalue weighted by Crippen LogP contribution is -1.17. The summed E-state index contributed by atoms with van der Waals surface area (Å²) in [5, 5.41) is 0. The lowest BCUT2D eigenvalue weighted by Gasteiger charge is -1.48. The third kappa shape index (κ3) is 2.83. The Bertz CT molecular complexity index is 23.2. The highest BCUT2D eigenvalue weighted by molar-refractivity contribution is 14.2. The SMILES string of the molecule is CN=PI. The molecule has 0 rings (SSSR count). The molecule has 0 aromatic carbocycles. The third-order valence-corrected chi connectivity index (χ3v) is 1.52. The zero-order valence-electron chi connectivity index (χ0n) is 2.27. The Morgan fingerprint density at radius 3 is 2.25 bits per heavy atom. The van der Waals surface area contributed by atoms with E-state index in [1.165, 1.54) is 0 Å². The molecule has 0 aliphatic heterocycles. The number of halogens is 1. The maximum atomic E-state index is 3.70. The van der Waals surface area contributed by atoms with Crippen molar-refractivity contribution in [3.05, 3.63) is 0 Å². The molecule has 24 valence electrons. The standard InChI is InChI=1S/CH3INP/c1-3-4-2/h1H3. The molecule has 0 unspecified atom stereocenters. The van der Waals surface area contributed by atoms with Gasteiger partial charge >= 0.3 is 0 Å². The van der Waals surface area contributed by atoms with Gasteiger partial charge in [-0.2, -0.15) is 0 Å². The Balaban J connectivity index is 2.55. The number of rotatable bonds is 0. The third-order valence-electron chi connectivity index (χ3n) is 0.0756. The summed E-state index contributed by atoms with van der Waals surface area (Å²) in [5.74, 6) is 0. The van der Waals surface area contributed by atoms with Crippen LogP contribution in [0.1, 0.15) is 0 Å². The van der Waals surface area contributed by atoms with E-state index in [4.69, 9.17) is 0 Å². The summed E-state index contributed by atoms with van der Waals surface area (Å²) < 4.78 is 3.70. The summed E-state index contributed by atoms with van der Waals surface area (Å²) >= 11 is 2.16. The van der Waals surface area contributed by atoms with Gasteiger partial charge in [0.2, 0.25) is 0 Å². The van der Waals surface area contributed by atoms with Gasteiger partial charge in [-0.05, 0) is 0 Å². The molecular weight excluding hydrogens is 184 g/mol. The summed E-state index contributed by atoms with van der Waals surface area (Å²) in [6.45, 7) is 0. The zero-order chi connectivity index (χ0) is 3.41. The van der Waals surface area contributed by atoms with Crippen molar-refractivity contribution < 1.29 is 0 Å². The van der Waals surface area contributed by atoms with Gasteiger partial charge in [0.15, 0.2) is 0 Å². The second-order valence-electron chi connectivity index (χ2n) is 0.276. The molecule has 0 radical (unpaired) electrons. The van der Waals surface area contributed by atoms with Crippen molar-refractivity contribution in [3.63, 3.8) is 0 Å². The van der Waals surface area contributed by atoms with Gasteiger partial charge in [-0.3, -0.25) is 4.74 Å². The summed E-state index contributed by atoms with van der Waals surface area (Å²) in [6.07, 6.45) is 0. The molecule has 0 amide bonds. The minimum atomic E-state index is 1.09. The van der Waals surface area contributed by atoms with Gasteiger partial charge in [0.25, 0.3) is 0 Å². The van der Waals surface area contributed by atoms with Gasteiger partial charge in [-0.1, -0.05) is 0 Å². The van der Waals surface area contributed by atoms with Crippen LogP contribution in [0.5, 0.6) is 0 Å². The predicted octanol–water partition coefficient (Wildman–Crippen LogP) is 2.10.